The second kappa shape index (κ2) is 4.82. The first-order valence-corrected chi connectivity index (χ1v) is 7.58. The SMILES string of the molecule is Cc1cc2ncc(CNC3CCN4CCCC34)cn2n1. The third-order valence-electron chi connectivity index (χ3n) is 4.66. The van der Waals surface area contributed by atoms with Gasteiger partial charge in [0.2, 0.25) is 0 Å². The molecule has 2 aromatic rings. The van der Waals surface area contributed by atoms with E-state index in [-0.39, 0.29) is 0 Å². The second-order valence-electron chi connectivity index (χ2n) is 6.07. The summed E-state index contributed by atoms with van der Waals surface area (Å²) < 4.78 is 1.88. The summed E-state index contributed by atoms with van der Waals surface area (Å²) in [7, 11) is 0. The van der Waals surface area contributed by atoms with Gasteiger partial charge >= 0.3 is 0 Å². The fourth-order valence-electron chi connectivity index (χ4n) is 3.69. The van der Waals surface area contributed by atoms with Crippen molar-refractivity contribution in [3.63, 3.8) is 0 Å². The standard InChI is InChI=1S/C15H21N5/c1-11-7-15-17-9-12(10-20(15)18-11)8-16-13-4-6-19-5-2-3-14(13)19/h7,9-10,13-14,16H,2-6,8H2,1H3. The first-order chi connectivity index (χ1) is 9.79. The number of aromatic nitrogens is 3. The summed E-state index contributed by atoms with van der Waals surface area (Å²) in [4.78, 5) is 7.10. The molecule has 2 aromatic heterocycles. The number of hydrogen-bond donors (Lipinski definition) is 1. The van der Waals surface area contributed by atoms with Crippen molar-refractivity contribution in [2.24, 2.45) is 0 Å². The fourth-order valence-corrected chi connectivity index (χ4v) is 3.69. The molecule has 5 heteroatoms. The normalized spacial score (nSPS) is 26.4. The van der Waals surface area contributed by atoms with Gasteiger partial charge in [0.15, 0.2) is 5.65 Å². The molecule has 106 valence electrons. The summed E-state index contributed by atoms with van der Waals surface area (Å²) in [6.07, 6.45) is 8.05. The molecule has 0 spiro atoms. The average Bonchev–Trinajstić information content (AvgIpc) is 3.09. The van der Waals surface area contributed by atoms with Crippen molar-refractivity contribution >= 4 is 5.65 Å². The van der Waals surface area contributed by atoms with E-state index in [1.165, 1.54) is 37.9 Å². The van der Waals surface area contributed by atoms with E-state index in [1.54, 1.807) is 0 Å². The van der Waals surface area contributed by atoms with E-state index in [9.17, 15) is 0 Å². The minimum absolute atomic E-state index is 0.646. The Morgan fingerprint density at radius 2 is 2.30 bits per heavy atom. The Morgan fingerprint density at radius 3 is 3.25 bits per heavy atom. The van der Waals surface area contributed by atoms with Crippen LogP contribution in [0.5, 0.6) is 0 Å². The third kappa shape index (κ3) is 2.11. The molecule has 0 aliphatic carbocycles. The maximum Gasteiger partial charge on any atom is 0.155 e. The molecule has 5 nitrogen and oxygen atoms in total. The highest BCUT2D eigenvalue weighted by atomic mass is 15.3. The van der Waals surface area contributed by atoms with Gasteiger partial charge in [0, 0.05) is 49.2 Å². The van der Waals surface area contributed by atoms with Crippen molar-refractivity contribution in [1.82, 2.24) is 24.8 Å². The van der Waals surface area contributed by atoms with Crippen molar-refractivity contribution in [2.45, 2.75) is 44.8 Å². The number of aryl methyl sites for hydroxylation is 1. The van der Waals surface area contributed by atoms with Crippen LogP contribution >= 0.6 is 0 Å². The second-order valence-corrected chi connectivity index (χ2v) is 6.07. The molecule has 2 fully saturated rings. The fraction of sp³-hybridized carbons (Fsp3) is 0.600. The summed E-state index contributed by atoms with van der Waals surface area (Å²) >= 11 is 0. The van der Waals surface area contributed by atoms with Crippen LogP contribution in [0.4, 0.5) is 0 Å². The lowest BCUT2D eigenvalue weighted by Crippen LogP contribution is -2.38. The van der Waals surface area contributed by atoms with E-state index in [2.05, 4.69) is 26.5 Å². The molecular formula is C15H21N5. The molecule has 2 aliphatic heterocycles. The topological polar surface area (TPSA) is 45.5 Å². The first kappa shape index (κ1) is 12.3. The van der Waals surface area contributed by atoms with Gasteiger partial charge < -0.3 is 5.32 Å². The maximum absolute atomic E-state index is 4.46. The van der Waals surface area contributed by atoms with Crippen molar-refractivity contribution in [3.05, 3.63) is 29.7 Å². The summed E-state index contributed by atoms with van der Waals surface area (Å²) in [6, 6.07) is 3.41. The quantitative estimate of drug-likeness (QED) is 0.915. The summed E-state index contributed by atoms with van der Waals surface area (Å²) in [5.41, 5.74) is 3.14. The number of nitrogens with one attached hydrogen (secondary N) is 1. The van der Waals surface area contributed by atoms with Crippen molar-refractivity contribution < 1.29 is 0 Å². The van der Waals surface area contributed by atoms with Crippen LogP contribution < -0.4 is 5.32 Å². The van der Waals surface area contributed by atoms with Crippen LogP contribution in [0.15, 0.2) is 18.5 Å². The minimum Gasteiger partial charge on any atom is -0.308 e. The largest absolute Gasteiger partial charge is 0.308 e. The predicted octanol–water partition coefficient (Wildman–Crippen LogP) is 1.36. The lowest BCUT2D eigenvalue weighted by molar-refractivity contribution is 0.298. The van der Waals surface area contributed by atoms with Gasteiger partial charge in [0.05, 0.1) is 5.69 Å². The number of hydrogen-bond acceptors (Lipinski definition) is 4. The smallest absolute Gasteiger partial charge is 0.155 e. The number of rotatable bonds is 3. The van der Waals surface area contributed by atoms with Gasteiger partial charge in [-0.25, -0.2) is 9.50 Å². The van der Waals surface area contributed by atoms with Crippen LogP contribution in [0.25, 0.3) is 5.65 Å². The van der Waals surface area contributed by atoms with E-state index in [0.717, 1.165) is 23.9 Å². The van der Waals surface area contributed by atoms with Gasteiger partial charge in [0.1, 0.15) is 0 Å². The van der Waals surface area contributed by atoms with Crippen molar-refractivity contribution in [2.75, 3.05) is 13.1 Å². The Bertz CT molecular complexity index is 620. The van der Waals surface area contributed by atoms with Crippen LogP contribution in [0.3, 0.4) is 0 Å². The Hall–Kier alpha value is -1.46. The third-order valence-corrected chi connectivity index (χ3v) is 4.66. The van der Waals surface area contributed by atoms with Gasteiger partial charge in [-0.05, 0) is 32.7 Å². The first-order valence-electron chi connectivity index (χ1n) is 7.58. The summed E-state index contributed by atoms with van der Waals surface area (Å²) in [6.45, 7) is 5.44. The van der Waals surface area contributed by atoms with Gasteiger partial charge in [-0.1, -0.05) is 0 Å². The molecule has 4 heterocycles. The highest BCUT2D eigenvalue weighted by molar-refractivity contribution is 5.38. The molecular weight excluding hydrogens is 250 g/mol. The van der Waals surface area contributed by atoms with Crippen LogP contribution in [0.2, 0.25) is 0 Å². The van der Waals surface area contributed by atoms with Gasteiger partial charge in [-0.3, -0.25) is 4.90 Å². The van der Waals surface area contributed by atoms with Crippen LogP contribution in [-0.2, 0) is 6.54 Å². The van der Waals surface area contributed by atoms with Gasteiger partial charge in [-0.2, -0.15) is 5.10 Å². The molecule has 0 bridgehead atoms. The summed E-state index contributed by atoms with van der Waals surface area (Å²) in [5.74, 6) is 0. The zero-order valence-corrected chi connectivity index (χ0v) is 11.9. The lowest BCUT2D eigenvalue weighted by Gasteiger charge is -2.21. The molecule has 20 heavy (non-hydrogen) atoms. The zero-order valence-electron chi connectivity index (χ0n) is 11.9. The molecule has 2 unspecified atom stereocenters. The Balaban J connectivity index is 1.45. The minimum atomic E-state index is 0.646. The van der Waals surface area contributed by atoms with Crippen molar-refractivity contribution in [3.8, 4) is 0 Å². The van der Waals surface area contributed by atoms with Gasteiger partial charge in [0.25, 0.3) is 0 Å². The molecule has 0 aromatic carbocycles. The van der Waals surface area contributed by atoms with E-state index < -0.39 is 0 Å². The van der Waals surface area contributed by atoms with E-state index >= 15 is 0 Å². The van der Waals surface area contributed by atoms with Crippen molar-refractivity contribution in [1.29, 1.82) is 0 Å². The maximum atomic E-state index is 4.46. The molecule has 0 amide bonds. The molecule has 2 atom stereocenters. The Kier molecular flexibility index (Phi) is 2.97. The molecule has 2 aliphatic rings. The van der Waals surface area contributed by atoms with Crippen LogP contribution in [0, 0.1) is 6.92 Å². The number of fused-ring (bicyclic) bond motifs is 2. The molecule has 0 saturated carbocycles. The van der Waals surface area contributed by atoms with Crippen LogP contribution in [0.1, 0.15) is 30.5 Å². The lowest BCUT2D eigenvalue weighted by atomic mass is 10.1. The molecule has 1 N–H and O–H groups in total. The monoisotopic (exact) mass is 271 g/mol. The number of nitrogens with zero attached hydrogens (tertiary/aromatic N) is 4. The summed E-state index contributed by atoms with van der Waals surface area (Å²) in [5, 5.41) is 8.14. The van der Waals surface area contributed by atoms with Crippen LogP contribution in [-0.4, -0.2) is 44.7 Å². The van der Waals surface area contributed by atoms with E-state index in [1.807, 2.05) is 23.7 Å². The Labute approximate surface area is 119 Å². The Morgan fingerprint density at radius 1 is 1.35 bits per heavy atom. The van der Waals surface area contributed by atoms with Gasteiger partial charge in [-0.15, -0.1) is 0 Å². The average molecular weight is 271 g/mol. The zero-order chi connectivity index (χ0) is 13.5. The highest BCUT2D eigenvalue weighted by Gasteiger charge is 2.36. The predicted molar refractivity (Wildman–Crippen MR) is 77.6 cm³/mol. The molecule has 4 rings (SSSR count). The molecule has 0 radical (unpaired) electrons. The highest BCUT2D eigenvalue weighted by Crippen LogP contribution is 2.28. The molecule has 2 saturated heterocycles. The van der Waals surface area contributed by atoms with E-state index in [4.69, 9.17) is 0 Å². The van der Waals surface area contributed by atoms with E-state index in [0.29, 0.717) is 6.04 Å².